The first-order valence-corrected chi connectivity index (χ1v) is 11.2. The number of hydrogen-bond donors (Lipinski definition) is 1. The number of carboxylic acids is 1. The number of carbonyl (C=O) groups is 1. The third-order valence-corrected chi connectivity index (χ3v) is 4.70. The van der Waals surface area contributed by atoms with Gasteiger partial charge in [-0.2, -0.15) is 0 Å². The van der Waals surface area contributed by atoms with Crippen LogP contribution in [0.25, 0.3) is 0 Å². The molecular weight excluding hydrogens is 328 g/mol. The van der Waals surface area contributed by atoms with Crippen molar-refractivity contribution in [2.75, 3.05) is 13.2 Å². The zero-order chi connectivity index (χ0) is 19.3. The van der Waals surface area contributed by atoms with Crippen molar-refractivity contribution in [1.82, 2.24) is 0 Å². The summed E-state index contributed by atoms with van der Waals surface area (Å²) in [6, 6.07) is 0. The van der Waals surface area contributed by atoms with E-state index >= 15 is 0 Å². The van der Waals surface area contributed by atoms with E-state index in [9.17, 15) is 4.79 Å². The van der Waals surface area contributed by atoms with Gasteiger partial charge in [0, 0.05) is 19.6 Å². The number of unbranched alkanes of at least 4 members (excludes halogenated alkanes) is 12. The summed E-state index contributed by atoms with van der Waals surface area (Å²) in [5, 5.41) is 8.88. The van der Waals surface area contributed by atoms with Crippen LogP contribution in [-0.2, 0) is 14.3 Å². The third-order valence-electron chi connectivity index (χ3n) is 4.70. The lowest BCUT2D eigenvalue weighted by molar-refractivity contribution is -0.156. The van der Waals surface area contributed by atoms with Crippen molar-refractivity contribution in [2.24, 2.45) is 0 Å². The molecule has 26 heavy (non-hydrogen) atoms. The van der Waals surface area contributed by atoms with Crippen LogP contribution in [0.2, 0.25) is 0 Å². The van der Waals surface area contributed by atoms with Crippen LogP contribution < -0.4 is 0 Å². The number of carboxylic acid groups (broad SMARTS) is 1. The van der Waals surface area contributed by atoms with Gasteiger partial charge in [0.05, 0.1) is 6.42 Å². The van der Waals surface area contributed by atoms with E-state index in [-0.39, 0.29) is 12.7 Å². The molecule has 156 valence electrons. The highest BCUT2D eigenvalue weighted by molar-refractivity contribution is 5.66. The fraction of sp³-hybridized carbons (Fsp3) is 0.955. The Labute approximate surface area is 162 Å². The molecule has 0 radical (unpaired) electrons. The minimum Gasteiger partial charge on any atom is -0.481 e. The van der Waals surface area contributed by atoms with Gasteiger partial charge in [-0.3, -0.25) is 4.79 Å². The number of ether oxygens (including phenoxy) is 2. The van der Waals surface area contributed by atoms with Crippen LogP contribution in [0.15, 0.2) is 0 Å². The molecule has 4 nitrogen and oxygen atoms in total. The van der Waals surface area contributed by atoms with E-state index in [1.165, 1.54) is 77.0 Å². The van der Waals surface area contributed by atoms with Gasteiger partial charge in [-0.05, 0) is 12.8 Å². The standard InChI is InChI=1S/C22H44O4/c1-3-5-7-9-11-13-15-19-25-22(18-17-21(23)24)26-20-16-14-12-10-8-6-4-2/h22H,3-20H2,1-2H3,(H,23,24). The van der Waals surface area contributed by atoms with Gasteiger partial charge in [0.2, 0.25) is 0 Å². The smallest absolute Gasteiger partial charge is 0.303 e. The molecule has 4 heteroatoms. The summed E-state index contributed by atoms with van der Waals surface area (Å²) in [5.74, 6) is -0.783. The normalized spacial score (nSPS) is 11.3. The average Bonchev–Trinajstić information content (AvgIpc) is 2.63. The minimum absolute atomic E-state index is 0.110. The van der Waals surface area contributed by atoms with E-state index in [2.05, 4.69) is 13.8 Å². The number of aliphatic carboxylic acids is 1. The fourth-order valence-corrected chi connectivity index (χ4v) is 3.00. The first-order chi connectivity index (χ1) is 12.7. The summed E-state index contributed by atoms with van der Waals surface area (Å²) in [6.45, 7) is 5.82. The SMILES string of the molecule is CCCCCCCCCOC(CCC(=O)O)OCCCCCCCCC. The molecular formula is C22H44O4. The molecule has 0 aliphatic heterocycles. The Hall–Kier alpha value is -0.610. The first-order valence-electron chi connectivity index (χ1n) is 11.2. The highest BCUT2D eigenvalue weighted by atomic mass is 16.7. The van der Waals surface area contributed by atoms with E-state index < -0.39 is 5.97 Å². The van der Waals surface area contributed by atoms with Gasteiger partial charge >= 0.3 is 5.97 Å². The summed E-state index contributed by atoms with van der Waals surface area (Å²) in [7, 11) is 0. The highest BCUT2D eigenvalue weighted by Gasteiger charge is 2.11. The molecule has 0 atom stereocenters. The molecule has 0 saturated carbocycles. The lowest BCUT2D eigenvalue weighted by atomic mass is 10.1. The molecule has 0 saturated heterocycles. The van der Waals surface area contributed by atoms with Crippen molar-refractivity contribution < 1.29 is 19.4 Å². The van der Waals surface area contributed by atoms with Gasteiger partial charge in [-0.15, -0.1) is 0 Å². The van der Waals surface area contributed by atoms with Gasteiger partial charge in [0.1, 0.15) is 0 Å². The molecule has 0 aromatic heterocycles. The van der Waals surface area contributed by atoms with E-state index in [0.717, 1.165) is 12.8 Å². The van der Waals surface area contributed by atoms with Crippen LogP contribution in [0.1, 0.15) is 117 Å². The Morgan fingerprint density at radius 3 is 1.46 bits per heavy atom. The second-order valence-electron chi connectivity index (χ2n) is 7.35. The maximum absolute atomic E-state index is 10.8. The van der Waals surface area contributed by atoms with E-state index in [4.69, 9.17) is 14.6 Å². The summed E-state index contributed by atoms with van der Waals surface area (Å²) in [6.07, 6.45) is 17.7. The predicted octanol–water partition coefficient (Wildman–Crippen LogP) is 6.71. The molecule has 0 spiro atoms. The monoisotopic (exact) mass is 372 g/mol. The van der Waals surface area contributed by atoms with Crippen molar-refractivity contribution in [2.45, 2.75) is 123 Å². The van der Waals surface area contributed by atoms with Crippen molar-refractivity contribution in [3.05, 3.63) is 0 Å². The van der Waals surface area contributed by atoms with Gasteiger partial charge in [-0.1, -0.05) is 90.9 Å². The third kappa shape index (κ3) is 19.7. The topological polar surface area (TPSA) is 55.8 Å². The number of hydrogen-bond acceptors (Lipinski definition) is 3. The molecule has 1 N–H and O–H groups in total. The van der Waals surface area contributed by atoms with Crippen LogP contribution in [0, 0.1) is 0 Å². The Bertz CT molecular complexity index is 274. The van der Waals surface area contributed by atoms with E-state index in [1.54, 1.807) is 0 Å². The average molecular weight is 373 g/mol. The van der Waals surface area contributed by atoms with Gasteiger partial charge < -0.3 is 14.6 Å². The molecule has 0 rings (SSSR count). The summed E-state index contributed by atoms with van der Waals surface area (Å²) in [4.78, 5) is 10.8. The van der Waals surface area contributed by atoms with Crippen molar-refractivity contribution >= 4 is 5.97 Å². The van der Waals surface area contributed by atoms with Crippen LogP contribution in [0.4, 0.5) is 0 Å². The molecule has 0 aromatic rings. The minimum atomic E-state index is -0.783. The first kappa shape index (κ1) is 25.4. The van der Waals surface area contributed by atoms with E-state index in [0.29, 0.717) is 19.6 Å². The Balaban J connectivity index is 3.68. The zero-order valence-electron chi connectivity index (χ0n) is 17.5. The van der Waals surface area contributed by atoms with Gasteiger partial charge in [0.15, 0.2) is 6.29 Å². The van der Waals surface area contributed by atoms with Crippen LogP contribution in [0.5, 0.6) is 0 Å². The molecule has 0 aliphatic rings. The van der Waals surface area contributed by atoms with Crippen LogP contribution >= 0.6 is 0 Å². The molecule has 0 aromatic carbocycles. The maximum Gasteiger partial charge on any atom is 0.303 e. The predicted molar refractivity (Wildman–Crippen MR) is 109 cm³/mol. The second kappa shape index (κ2) is 20.7. The van der Waals surface area contributed by atoms with Crippen LogP contribution in [-0.4, -0.2) is 30.6 Å². The second-order valence-corrected chi connectivity index (χ2v) is 7.35. The molecule has 0 bridgehead atoms. The summed E-state index contributed by atoms with van der Waals surface area (Å²) >= 11 is 0. The number of rotatable bonds is 21. The lowest BCUT2D eigenvalue weighted by Gasteiger charge is -2.18. The summed E-state index contributed by atoms with van der Waals surface area (Å²) in [5.41, 5.74) is 0. The Kier molecular flexibility index (Phi) is 20.2. The Morgan fingerprint density at radius 1 is 0.692 bits per heavy atom. The van der Waals surface area contributed by atoms with E-state index in [1.807, 2.05) is 0 Å². The largest absolute Gasteiger partial charge is 0.481 e. The van der Waals surface area contributed by atoms with Gasteiger partial charge in [0.25, 0.3) is 0 Å². The Morgan fingerprint density at radius 2 is 1.08 bits per heavy atom. The zero-order valence-corrected chi connectivity index (χ0v) is 17.5. The quantitative estimate of drug-likeness (QED) is 0.180. The summed E-state index contributed by atoms with van der Waals surface area (Å²) < 4.78 is 11.6. The molecule has 0 aliphatic carbocycles. The molecule has 0 fully saturated rings. The fourth-order valence-electron chi connectivity index (χ4n) is 3.00. The lowest BCUT2D eigenvalue weighted by Crippen LogP contribution is -2.20. The van der Waals surface area contributed by atoms with Gasteiger partial charge in [-0.25, -0.2) is 0 Å². The van der Waals surface area contributed by atoms with Crippen molar-refractivity contribution in [1.29, 1.82) is 0 Å². The molecule has 0 unspecified atom stereocenters. The molecule has 0 heterocycles. The maximum atomic E-state index is 10.8. The van der Waals surface area contributed by atoms with Crippen LogP contribution in [0.3, 0.4) is 0 Å². The van der Waals surface area contributed by atoms with Crippen molar-refractivity contribution in [3.63, 3.8) is 0 Å². The van der Waals surface area contributed by atoms with Crippen molar-refractivity contribution in [3.8, 4) is 0 Å². The highest BCUT2D eigenvalue weighted by Crippen LogP contribution is 2.11. The molecule has 0 amide bonds.